The van der Waals surface area contributed by atoms with E-state index in [0.29, 0.717) is 0 Å². The molecule has 3 aromatic rings. The van der Waals surface area contributed by atoms with E-state index in [-0.39, 0.29) is 0 Å². The number of benzene rings is 1. The number of hydrogen-bond acceptors (Lipinski definition) is 2. The first kappa shape index (κ1) is 8.36. The summed E-state index contributed by atoms with van der Waals surface area (Å²) in [5, 5.41) is 2.37. The molecule has 0 unspecified atom stereocenters. The summed E-state index contributed by atoms with van der Waals surface area (Å²) in [6, 6.07) is 12.2. The topological polar surface area (TPSA) is 25.8 Å². The molecule has 2 aromatic heterocycles. The molecule has 2 heterocycles. The van der Waals surface area contributed by atoms with Crippen molar-refractivity contribution >= 4 is 21.8 Å². The third-order valence-electron chi connectivity index (χ3n) is 2.65. The maximum Gasteiger partial charge on any atom is 0.0965 e. The predicted molar refractivity (Wildman–Crippen MR) is 61.8 cm³/mol. The maximum atomic E-state index is 4.54. The maximum absolute atomic E-state index is 4.54. The molecule has 0 saturated carbocycles. The number of aromatic nitrogens is 2. The van der Waals surface area contributed by atoms with Gasteiger partial charge in [-0.1, -0.05) is 24.3 Å². The van der Waals surface area contributed by atoms with Crippen LogP contribution in [-0.4, -0.2) is 9.97 Å². The number of nitrogens with zero attached hydrogens (tertiary/aromatic N) is 2. The molecular formula is C13H10N2. The molecule has 0 N–H and O–H groups in total. The minimum absolute atomic E-state index is 0.966. The van der Waals surface area contributed by atoms with Crippen LogP contribution in [0.5, 0.6) is 0 Å². The van der Waals surface area contributed by atoms with E-state index < -0.39 is 0 Å². The Morgan fingerprint density at radius 3 is 2.60 bits per heavy atom. The van der Waals surface area contributed by atoms with Crippen molar-refractivity contribution in [3.63, 3.8) is 0 Å². The molecule has 3 rings (SSSR count). The van der Waals surface area contributed by atoms with Gasteiger partial charge >= 0.3 is 0 Å². The van der Waals surface area contributed by atoms with Gasteiger partial charge in [-0.05, 0) is 19.1 Å². The quantitative estimate of drug-likeness (QED) is 0.514. The van der Waals surface area contributed by atoms with E-state index in [1.54, 1.807) is 0 Å². The van der Waals surface area contributed by atoms with Crippen molar-refractivity contribution in [2.24, 2.45) is 0 Å². The predicted octanol–water partition coefficient (Wildman–Crippen LogP) is 3.09. The molecule has 0 spiro atoms. The molecule has 0 bridgehead atoms. The Kier molecular flexibility index (Phi) is 1.68. The average molecular weight is 194 g/mol. The highest BCUT2D eigenvalue weighted by molar-refractivity contribution is 6.04. The number of hydrogen-bond donors (Lipinski definition) is 0. The van der Waals surface area contributed by atoms with Crippen molar-refractivity contribution < 1.29 is 0 Å². The molecule has 0 amide bonds. The van der Waals surface area contributed by atoms with E-state index in [1.807, 2.05) is 37.4 Å². The SMILES string of the molecule is Cc1nc2cccnc2c2ccccc12. The van der Waals surface area contributed by atoms with Gasteiger partial charge in [0, 0.05) is 22.7 Å². The van der Waals surface area contributed by atoms with Crippen molar-refractivity contribution in [2.45, 2.75) is 6.92 Å². The van der Waals surface area contributed by atoms with Gasteiger partial charge in [0.2, 0.25) is 0 Å². The lowest BCUT2D eigenvalue weighted by atomic mass is 10.1. The fourth-order valence-corrected chi connectivity index (χ4v) is 1.94. The Morgan fingerprint density at radius 2 is 1.73 bits per heavy atom. The summed E-state index contributed by atoms with van der Waals surface area (Å²) in [7, 11) is 0. The molecule has 0 aliphatic carbocycles. The van der Waals surface area contributed by atoms with Crippen LogP contribution in [0.15, 0.2) is 42.6 Å². The smallest absolute Gasteiger partial charge is 0.0965 e. The van der Waals surface area contributed by atoms with Crippen molar-refractivity contribution in [1.29, 1.82) is 0 Å². The second-order valence-electron chi connectivity index (χ2n) is 3.61. The first-order valence-electron chi connectivity index (χ1n) is 4.96. The van der Waals surface area contributed by atoms with Crippen LogP contribution in [0, 0.1) is 6.92 Å². The van der Waals surface area contributed by atoms with Gasteiger partial charge in [0.05, 0.1) is 11.0 Å². The zero-order chi connectivity index (χ0) is 10.3. The molecule has 0 aliphatic heterocycles. The first-order valence-corrected chi connectivity index (χ1v) is 4.96. The Balaban J connectivity index is 2.64. The highest BCUT2D eigenvalue weighted by atomic mass is 14.8. The van der Waals surface area contributed by atoms with Crippen LogP contribution in [0.1, 0.15) is 5.69 Å². The monoisotopic (exact) mass is 194 g/mol. The molecule has 0 aliphatic rings. The van der Waals surface area contributed by atoms with Gasteiger partial charge < -0.3 is 0 Å². The second-order valence-corrected chi connectivity index (χ2v) is 3.61. The molecule has 0 fully saturated rings. The largest absolute Gasteiger partial charge is 0.254 e. The van der Waals surface area contributed by atoms with Crippen LogP contribution < -0.4 is 0 Å². The van der Waals surface area contributed by atoms with Crippen molar-refractivity contribution in [3.05, 3.63) is 48.3 Å². The number of fused-ring (bicyclic) bond motifs is 3. The van der Waals surface area contributed by atoms with E-state index in [4.69, 9.17) is 0 Å². The molecule has 0 saturated heterocycles. The van der Waals surface area contributed by atoms with Crippen LogP contribution in [-0.2, 0) is 0 Å². The molecule has 72 valence electrons. The third-order valence-corrected chi connectivity index (χ3v) is 2.65. The van der Waals surface area contributed by atoms with E-state index in [0.717, 1.165) is 16.7 Å². The van der Waals surface area contributed by atoms with Crippen molar-refractivity contribution in [1.82, 2.24) is 9.97 Å². The van der Waals surface area contributed by atoms with Gasteiger partial charge in [0.15, 0.2) is 0 Å². The van der Waals surface area contributed by atoms with Gasteiger partial charge in [0.1, 0.15) is 0 Å². The summed E-state index contributed by atoms with van der Waals surface area (Å²) in [6.07, 6.45) is 1.81. The third kappa shape index (κ3) is 1.18. The van der Waals surface area contributed by atoms with E-state index in [1.165, 1.54) is 10.8 Å². The fraction of sp³-hybridized carbons (Fsp3) is 0.0769. The van der Waals surface area contributed by atoms with E-state index in [2.05, 4.69) is 22.1 Å². The number of pyridine rings is 2. The van der Waals surface area contributed by atoms with Crippen LogP contribution in [0.4, 0.5) is 0 Å². The fourth-order valence-electron chi connectivity index (χ4n) is 1.94. The molecule has 15 heavy (non-hydrogen) atoms. The summed E-state index contributed by atoms with van der Waals surface area (Å²) in [5.41, 5.74) is 3.01. The molecule has 0 atom stereocenters. The van der Waals surface area contributed by atoms with Crippen LogP contribution in [0.25, 0.3) is 21.8 Å². The molecular weight excluding hydrogens is 184 g/mol. The zero-order valence-electron chi connectivity index (χ0n) is 8.44. The minimum Gasteiger partial charge on any atom is -0.254 e. The summed E-state index contributed by atoms with van der Waals surface area (Å²) in [6.45, 7) is 2.04. The van der Waals surface area contributed by atoms with Gasteiger partial charge in [-0.3, -0.25) is 9.97 Å². The lowest BCUT2D eigenvalue weighted by molar-refractivity contribution is 1.27. The normalized spacial score (nSPS) is 11.0. The van der Waals surface area contributed by atoms with Gasteiger partial charge in [0.25, 0.3) is 0 Å². The molecule has 1 aromatic carbocycles. The van der Waals surface area contributed by atoms with E-state index >= 15 is 0 Å². The van der Waals surface area contributed by atoms with Crippen LogP contribution in [0.3, 0.4) is 0 Å². The van der Waals surface area contributed by atoms with E-state index in [9.17, 15) is 0 Å². The first-order chi connectivity index (χ1) is 7.36. The Morgan fingerprint density at radius 1 is 0.933 bits per heavy atom. The van der Waals surface area contributed by atoms with Crippen molar-refractivity contribution in [2.75, 3.05) is 0 Å². The second kappa shape index (κ2) is 3.02. The van der Waals surface area contributed by atoms with Crippen LogP contribution in [0.2, 0.25) is 0 Å². The van der Waals surface area contributed by atoms with Gasteiger partial charge in [-0.2, -0.15) is 0 Å². The zero-order valence-corrected chi connectivity index (χ0v) is 8.44. The number of rotatable bonds is 0. The summed E-state index contributed by atoms with van der Waals surface area (Å²) in [4.78, 5) is 8.93. The van der Waals surface area contributed by atoms with Gasteiger partial charge in [-0.15, -0.1) is 0 Å². The Hall–Kier alpha value is -1.96. The number of aryl methyl sites for hydroxylation is 1. The summed E-state index contributed by atoms with van der Waals surface area (Å²) >= 11 is 0. The summed E-state index contributed by atoms with van der Waals surface area (Å²) < 4.78 is 0. The lowest BCUT2D eigenvalue weighted by Crippen LogP contribution is -1.89. The molecule has 2 nitrogen and oxygen atoms in total. The highest BCUT2D eigenvalue weighted by Crippen LogP contribution is 2.23. The highest BCUT2D eigenvalue weighted by Gasteiger charge is 2.04. The minimum atomic E-state index is 0.966. The van der Waals surface area contributed by atoms with Crippen molar-refractivity contribution in [3.8, 4) is 0 Å². The molecule has 0 radical (unpaired) electrons. The lowest BCUT2D eigenvalue weighted by Gasteiger charge is -2.04. The van der Waals surface area contributed by atoms with Crippen LogP contribution >= 0.6 is 0 Å². The standard InChI is InChI=1S/C13H10N2/c1-9-10-5-2-3-6-11(10)13-12(15-9)7-4-8-14-13/h2-8H,1H3. The Bertz CT molecular complexity index is 644. The summed E-state index contributed by atoms with van der Waals surface area (Å²) in [5.74, 6) is 0. The Labute approximate surface area is 87.6 Å². The molecule has 2 heteroatoms. The van der Waals surface area contributed by atoms with Gasteiger partial charge in [-0.25, -0.2) is 0 Å². The average Bonchev–Trinajstić information content (AvgIpc) is 2.30.